The maximum Gasteiger partial charge on any atom is 0.117 e. The number of nitrogens with one attached hydrogen (secondary N) is 2. The average molecular weight is 569 g/mol. The molecule has 4 heteroatoms. The van der Waals surface area contributed by atoms with Gasteiger partial charge < -0.3 is 15.5 Å². The summed E-state index contributed by atoms with van der Waals surface area (Å²) in [7, 11) is 0. The minimum atomic E-state index is 0.687. The van der Waals surface area contributed by atoms with Crippen molar-refractivity contribution in [2.45, 2.75) is 103 Å². The Balaban J connectivity index is 1.20. The van der Waals surface area contributed by atoms with Crippen LogP contribution in [0.2, 0.25) is 0 Å². The van der Waals surface area contributed by atoms with Crippen LogP contribution in [-0.2, 0) is 0 Å². The lowest BCUT2D eigenvalue weighted by molar-refractivity contribution is 0.535. The van der Waals surface area contributed by atoms with Crippen LogP contribution in [-0.4, -0.2) is 26.4 Å². The van der Waals surface area contributed by atoms with Gasteiger partial charge >= 0.3 is 0 Å². The zero-order chi connectivity index (χ0) is 29.8. The second-order valence-electron chi connectivity index (χ2n) is 11.8. The number of nitrogens with zero attached hydrogens (tertiary/aromatic N) is 2. The third kappa shape index (κ3) is 12.3. The number of anilines is 1. The van der Waals surface area contributed by atoms with E-state index in [-0.39, 0.29) is 0 Å². The normalized spacial score (nSPS) is 14.8. The maximum atomic E-state index is 4.52. The topological polar surface area (TPSA) is 39.7 Å². The van der Waals surface area contributed by atoms with E-state index in [4.69, 9.17) is 0 Å². The minimum Gasteiger partial charge on any atom is -0.389 e. The first-order valence-electron chi connectivity index (χ1n) is 16.5. The number of fused-ring (bicyclic) bond motifs is 2. The molecule has 1 aliphatic heterocycles. The van der Waals surface area contributed by atoms with E-state index in [1.54, 1.807) is 0 Å². The van der Waals surface area contributed by atoms with Crippen LogP contribution in [0.25, 0.3) is 6.08 Å². The Hall–Kier alpha value is -3.27. The van der Waals surface area contributed by atoms with Crippen molar-refractivity contribution < 1.29 is 0 Å². The monoisotopic (exact) mass is 568 g/mol. The Morgan fingerprint density at radius 3 is 1.98 bits per heavy atom. The fraction of sp³-hybridized carbons (Fsp3) is 0.500. The van der Waals surface area contributed by atoms with Gasteiger partial charge in [-0.1, -0.05) is 126 Å². The molecule has 0 atom stereocenters. The van der Waals surface area contributed by atoms with E-state index in [1.165, 1.54) is 99.4 Å². The second-order valence-corrected chi connectivity index (χ2v) is 11.8. The highest BCUT2D eigenvalue weighted by Crippen LogP contribution is 2.33. The molecule has 0 spiro atoms. The predicted octanol–water partition coefficient (Wildman–Crippen LogP) is 10.0. The number of para-hydroxylation sites is 1. The van der Waals surface area contributed by atoms with Crippen molar-refractivity contribution in [3.8, 4) is 0 Å². The summed E-state index contributed by atoms with van der Waals surface area (Å²) in [6, 6.07) is 8.68. The third-order valence-corrected chi connectivity index (χ3v) is 8.39. The lowest BCUT2D eigenvalue weighted by Gasteiger charge is -2.32. The summed E-state index contributed by atoms with van der Waals surface area (Å²) < 4.78 is 0. The van der Waals surface area contributed by atoms with Crippen molar-refractivity contribution in [3.63, 3.8) is 0 Å². The molecule has 2 aliphatic rings. The van der Waals surface area contributed by atoms with Crippen molar-refractivity contribution in [1.82, 2.24) is 10.6 Å². The van der Waals surface area contributed by atoms with Crippen molar-refractivity contribution in [2.24, 2.45) is 4.99 Å². The van der Waals surface area contributed by atoms with Crippen LogP contribution in [0.4, 0.5) is 5.69 Å². The maximum absolute atomic E-state index is 4.52. The van der Waals surface area contributed by atoms with Crippen LogP contribution in [0, 0.1) is 0 Å². The summed E-state index contributed by atoms with van der Waals surface area (Å²) in [5, 5.41) is 6.75. The number of hydrogen-bond donors (Lipinski definition) is 2. The number of allylic oxidation sites excluding steroid dienone is 5. The molecule has 0 fully saturated rings. The Morgan fingerprint density at radius 2 is 1.31 bits per heavy atom. The first-order valence-corrected chi connectivity index (χ1v) is 16.5. The quantitative estimate of drug-likeness (QED) is 0.108. The standard InChI is InChI=1S/C38H56N4/c1-32(40-29-19-13-11-9-7-5-6-8-10-12-14-20-30-41-34(3)39-4)25-26-33(2)42-31-37-23-16-15-21-35(37)27-28-36-22-17-18-24-38(36)42/h17-18,21-24,27-28,40-41H,1-16,19-20,25-26,29-31H2/b28-27-. The van der Waals surface area contributed by atoms with Crippen molar-refractivity contribution >= 4 is 18.5 Å². The highest BCUT2D eigenvalue weighted by molar-refractivity contribution is 5.74. The molecule has 0 bridgehead atoms. The fourth-order valence-electron chi connectivity index (χ4n) is 5.76. The summed E-state index contributed by atoms with van der Waals surface area (Å²) in [5.74, 6) is 0.687. The van der Waals surface area contributed by atoms with E-state index in [9.17, 15) is 0 Å². The Kier molecular flexibility index (Phi) is 15.7. The van der Waals surface area contributed by atoms with Crippen molar-refractivity contribution in [3.05, 3.63) is 96.2 Å². The van der Waals surface area contributed by atoms with Gasteiger partial charge in [0.05, 0.1) is 0 Å². The summed E-state index contributed by atoms with van der Waals surface area (Å²) in [4.78, 5) is 6.19. The minimum absolute atomic E-state index is 0.687. The van der Waals surface area contributed by atoms with Crippen LogP contribution < -0.4 is 15.5 Å². The van der Waals surface area contributed by atoms with Gasteiger partial charge in [0.25, 0.3) is 0 Å². The van der Waals surface area contributed by atoms with E-state index in [0.29, 0.717) is 5.82 Å². The highest BCUT2D eigenvalue weighted by Gasteiger charge is 2.19. The Labute approximate surface area is 257 Å². The SMILES string of the molecule is C=NC(=C)NCCCCCCCCCCCCCCNC(=C)CCC(=C)N1CC2=CCCC=C2/C=C\c2ccccc21. The van der Waals surface area contributed by atoms with Crippen LogP contribution in [0.5, 0.6) is 0 Å². The lowest BCUT2D eigenvalue weighted by atomic mass is 9.93. The molecule has 0 amide bonds. The molecule has 228 valence electrons. The first-order chi connectivity index (χ1) is 20.6. The number of unbranched alkanes of at least 4 members (excludes halogenated alkanes) is 11. The van der Waals surface area contributed by atoms with E-state index < -0.39 is 0 Å². The van der Waals surface area contributed by atoms with Gasteiger partial charge in [0.15, 0.2) is 0 Å². The van der Waals surface area contributed by atoms with E-state index in [1.807, 2.05) is 0 Å². The summed E-state index contributed by atoms with van der Waals surface area (Å²) >= 11 is 0. The Bertz CT molecular complexity index is 1110. The lowest BCUT2D eigenvalue weighted by Crippen LogP contribution is -2.27. The molecular weight excluding hydrogens is 512 g/mol. The molecular formula is C38H56N4. The van der Waals surface area contributed by atoms with Gasteiger partial charge in [0, 0.05) is 36.7 Å². The summed E-state index contributed by atoms with van der Waals surface area (Å²) in [6.07, 6.45) is 29.4. The summed E-state index contributed by atoms with van der Waals surface area (Å²) in [6.45, 7) is 18.9. The van der Waals surface area contributed by atoms with E-state index >= 15 is 0 Å². The Morgan fingerprint density at radius 1 is 0.714 bits per heavy atom. The first kappa shape index (κ1) is 33.2. The van der Waals surface area contributed by atoms with Crippen LogP contribution in [0.1, 0.15) is 108 Å². The largest absolute Gasteiger partial charge is 0.389 e. The molecule has 42 heavy (non-hydrogen) atoms. The molecule has 1 aromatic carbocycles. The van der Waals surface area contributed by atoms with Crippen molar-refractivity contribution in [2.75, 3.05) is 24.5 Å². The molecule has 1 aromatic rings. The molecule has 4 nitrogen and oxygen atoms in total. The van der Waals surface area contributed by atoms with Gasteiger partial charge in [0.1, 0.15) is 5.82 Å². The molecule has 0 unspecified atom stereocenters. The molecule has 0 aromatic heterocycles. The molecule has 3 rings (SSSR count). The van der Waals surface area contributed by atoms with Gasteiger partial charge in [-0.05, 0) is 68.0 Å². The number of aliphatic imine (C=N–C) groups is 1. The van der Waals surface area contributed by atoms with Gasteiger partial charge in [-0.25, -0.2) is 4.99 Å². The number of benzene rings is 1. The van der Waals surface area contributed by atoms with Gasteiger partial charge in [0.2, 0.25) is 0 Å². The number of hydrogen-bond acceptors (Lipinski definition) is 4. The van der Waals surface area contributed by atoms with E-state index in [0.717, 1.165) is 56.7 Å². The van der Waals surface area contributed by atoms with Crippen LogP contribution >= 0.6 is 0 Å². The van der Waals surface area contributed by atoms with Crippen LogP contribution in [0.3, 0.4) is 0 Å². The predicted molar refractivity (Wildman–Crippen MR) is 186 cm³/mol. The van der Waals surface area contributed by atoms with Crippen molar-refractivity contribution in [1.29, 1.82) is 0 Å². The third-order valence-electron chi connectivity index (χ3n) is 8.39. The number of rotatable bonds is 22. The van der Waals surface area contributed by atoms with Gasteiger partial charge in [-0.15, -0.1) is 0 Å². The molecule has 2 N–H and O–H groups in total. The fourth-order valence-corrected chi connectivity index (χ4v) is 5.76. The zero-order valence-electron chi connectivity index (χ0n) is 26.3. The second kappa shape index (κ2) is 19.8. The summed E-state index contributed by atoms with van der Waals surface area (Å²) in [5.41, 5.74) is 7.56. The smallest absolute Gasteiger partial charge is 0.117 e. The van der Waals surface area contributed by atoms with Gasteiger partial charge in [-0.2, -0.15) is 0 Å². The molecule has 0 saturated heterocycles. The molecule has 1 heterocycles. The molecule has 1 aliphatic carbocycles. The van der Waals surface area contributed by atoms with Crippen LogP contribution in [0.15, 0.2) is 95.6 Å². The molecule has 0 radical (unpaired) electrons. The highest BCUT2D eigenvalue weighted by atomic mass is 15.1. The van der Waals surface area contributed by atoms with E-state index in [2.05, 4.69) is 95.5 Å². The average Bonchev–Trinajstić information content (AvgIpc) is 3.00. The van der Waals surface area contributed by atoms with Gasteiger partial charge in [-0.3, -0.25) is 0 Å². The zero-order valence-corrected chi connectivity index (χ0v) is 26.3. The molecule has 0 saturated carbocycles.